The van der Waals surface area contributed by atoms with Crippen LogP contribution in [0.25, 0.3) is 0 Å². The molecule has 1 amide bonds. The molecule has 0 spiro atoms. The second-order valence-corrected chi connectivity index (χ2v) is 5.35. The van der Waals surface area contributed by atoms with E-state index in [0.717, 1.165) is 5.56 Å². The standard InChI is InChI=1S/C17H24N2O2/c1-13-8-9-16(15(11-13)7-5-6-10-20)17(21)18-12-14(2)19(3)4/h8-9,11,14,20H,6,10,12H2,1-4H3,(H,18,21). The fourth-order valence-corrected chi connectivity index (χ4v) is 1.69. The first-order valence-electron chi connectivity index (χ1n) is 7.10. The van der Waals surface area contributed by atoms with Gasteiger partial charge in [0, 0.05) is 24.6 Å². The summed E-state index contributed by atoms with van der Waals surface area (Å²) < 4.78 is 0. The van der Waals surface area contributed by atoms with E-state index in [2.05, 4.69) is 29.0 Å². The van der Waals surface area contributed by atoms with Crippen LogP contribution in [0, 0.1) is 18.8 Å². The molecule has 1 unspecified atom stereocenters. The molecule has 0 heterocycles. The predicted octanol–water partition coefficient (Wildman–Crippen LogP) is 1.41. The van der Waals surface area contributed by atoms with Crippen LogP contribution < -0.4 is 5.32 Å². The molecule has 0 fully saturated rings. The maximum absolute atomic E-state index is 12.3. The van der Waals surface area contributed by atoms with Gasteiger partial charge in [-0.3, -0.25) is 4.79 Å². The molecule has 4 nitrogen and oxygen atoms in total. The SMILES string of the molecule is Cc1ccc(C(=O)NCC(C)N(C)C)c(C#CCCO)c1. The van der Waals surface area contributed by atoms with Gasteiger partial charge >= 0.3 is 0 Å². The van der Waals surface area contributed by atoms with Gasteiger partial charge in [-0.2, -0.15) is 0 Å². The minimum atomic E-state index is -0.114. The molecule has 0 saturated carbocycles. The van der Waals surface area contributed by atoms with Crippen LogP contribution in [0.2, 0.25) is 0 Å². The fraction of sp³-hybridized carbons (Fsp3) is 0.471. The Kier molecular flexibility index (Phi) is 6.93. The van der Waals surface area contributed by atoms with Gasteiger partial charge in [-0.05, 0) is 45.6 Å². The highest BCUT2D eigenvalue weighted by atomic mass is 16.2. The van der Waals surface area contributed by atoms with Gasteiger partial charge < -0.3 is 15.3 Å². The van der Waals surface area contributed by atoms with Crippen molar-refractivity contribution in [3.63, 3.8) is 0 Å². The number of aliphatic hydroxyl groups is 1. The number of aliphatic hydroxyl groups excluding tert-OH is 1. The highest BCUT2D eigenvalue weighted by Gasteiger charge is 2.12. The summed E-state index contributed by atoms with van der Waals surface area (Å²) in [6.07, 6.45) is 0.409. The van der Waals surface area contributed by atoms with Crippen molar-refractivity contribution in [1.29, 1.82) is 0 Å². The summed E-state index contributed by atoms with van der Waals surface area (Å²) in [5.74, 6) is 5.72. The first-order chi connectivity index (χ1) is 9.95. The lowest BCUT2D eigenvalue weighted by atomic mass is 10.0. The van der Waals surface area contributed by atoms with Crippen LogP contribution >= 0.6 is 0 Å². The minimum absolute atomic E-state index is 0.0285. The molecule has 1 aromatic carbocycles. The maximum Gasteiger partial charge on any atom is 0.252 e. The molecule has 2 N–H and O–H groups in total. The summed E-state index contributed by atoms with van der Waals surface area (Å²) in [6, 6.07) is 5.87. The van der Waals surface area contributed by atoms with Gasteiger partial charge in [0.2, 0.25) is 0 Å². The molecule has 1 aromatic rings. The topological polar surface area (TPSA) is 52.6 Å². The van der Waals surface area contributed by atoms with Crippen molar-refractivity contribution < 1.29 is 9.90 Å². The second-order valence-electron chi connectivity index (χ2n) is 5.35. The van der Waals surface area contributed by atoms with Crippen LogP contribution in [-0.2, 0) is 0 Å². The quantitative estimate of drug-likeness (QED) is 0.806. The van der Waals surface area contributed by atoms with E-state index in [9.17, 15) is 4.79 Å². The van der Waals surface area contributed by atoms with Crippen molar-refractivity contribution in [2.75, 3.05) is 27.2 Å². The normalized spacial score (nSPS) is 11.7. The Morgan fingerprint density at radius 2 is 2.14 bits per heavy atom. The van der Waals surface area contributed by atoms with Gasteiger partial charge in [0.1, 0.15) is 0 Å². The van der Waals surface area contributed by atoms with Crippen molar-refractivity contribution in [2.24, 2.45) is 0 Å². The average molecular weight is 288 g/mol. The molecule has 0 aliphatic carbocycles. The van der Waals surface area contributed by atoms with E-state index in [4.69, 9.17) is 5.11 Å². The van der Waals surface area contributed by atoms with Crippen molar-refractivity contribution in [3.8, 4) is 11.8 Å². The monoisotopic (exact) mass is 288 g/mol. The van der Waals surface area contributed by atoms with Crippen LogP contribution in [0.4, 0.5) is 0 Å². The molecular formula is C17H24N2O2. The number of hydrogen-bond donors (Lipinski definition) is 2. The van der Waals surface area contributed by atoms with E-state index in [1.54, 1.807) is 6.07 Å². The molecular weight excluding hydrogens is 264 g/mol. The van der Waals surface area contributed by atoms with Gasteiger partial charge in [0.15, 0.2) is 0 Å². The highest BCUT2D eigenvalue weighted by molar-refractivity contribution is 5.96. The molecule has 0 radical (unpaired) electrons. The van der Waals surface area contributed by atoms with E-state index < -0.39 is 0 Å². The Bertz CT molecular complexity index is 541. The molecule has 21 heavy (non-hydrogen) atoms. The number of carbonyl (C=O) groups is 1. The van der Waals surface area contributed by atoms with E-state index in [1.807, 2.05) is 33.2 Å². The Morgan fingerprint density at radius 3 is 2.76 bits per heavy atom. The van der Waals surface area contributed by atoms with Gasteiger partial charge in [0.05, 0.1) is 12.2 Å². The number of nitrogens with one attached hydrogen (secondary N) is 1. The first-order valence-corrected chi connectivity index (χ1v) is 7.10. The van der Waals surface area contributed by atoms with Crippen LogP contribution in [0.3, 0.4) is 0 Å². The van der Waals surface area contributed by atoms with E-state index in [1.165, 1.54) is 0 Å². The van der Waals surface area contributed by atoms with Crippen molar-refractivity contribution in [1.82, 2.24) is 10.2 Å². The van der Waals surface area contributed by atoms with Crippen molar-refractivity contribution in [2.45, 2.75) is 26.3 Å². The summed E-state index contributed by atoms with van der Waals surface area (Å²) in [7, 11) is 3.96. The Hall–Kier alpha value is -1.83. The Balaban J connectivity index is 2.86. The molecule has 1 rings (SSSR count). The van der Waals surface area contributed by atoms with E-state index in [-0.39, 0.29) is 18.6 Å². The number of hydrogen-bond acceptors (Lipinski definition) is 3. The zero-order chi connectivity index (χ0) is 15.8. The summed E-state index contributed by atoms with van der Waals surface area (Å²) in [5.41, 5.74) is 2.34. The van der Waals surface area contributed by atoms with Crippen LogP contribution in [0.5, 0.6) is 0 Å². The van der Waals surface area contributed by atoms with Gasteiger partial charge in [-0.25, -0.2) is 0 Å². The van der Waals surface area contributed by atoms with Crippen molar-refractivity contribution >= 4 is 5.91 Å². The number of aryl methyl sites for hydroxylation is 1. The smallest absolute Gasteiger partial charge is 0.252 e. The van der Waals surface area contributed by atoms with Gasteiger partial charge in [0.25, 0.3) is 5.91 Å². The highest BCUT2D eigenvalue weighted by Crippen LogP contribution is 2.11. The average Bonchev–Trinajstić information content (AvgIpc) is 2.44. The summed E-state index contributed by atoms with van der Waals surface area (Å²) in [4.78, 5) is 14.3. The molecule has 0 aliphatic rings. The molecule has 114 valence electrons. The fourth-order valence-electron chi connectivity index (χ4n) is 1.69. The third-order valence-corrected chi connectivity index (χ3v) is 3.32. The van der Waals surface area contributed by atoms with Crippen LogP contribution in [0.1, 0.15) is 34.8 Å². The first kappa shape index (κ1) is 17.2. The lowest BCUT2D eigenvalue weighted by molar-refractivity contribution is 0.0943. The number of benzene rings is 1. The summed E-state index contributed by atoms with van der Waals surface area (Å²) >= 11 is 0. The summed E-state index contributed by atoms with van der Waals surface area (Å²) in [6.45, 7) is 4.63. The van der Waals surface area contributed by atoms with Gasteiger partial charge in [-0.1, -0.05) is 17.9 Å². The largest absolute Gasteiger partial charge is 0.395 e. The molecule has 0 aliphatic heterocycles. The zero-order valence-corrected chi connectivity index (χ0v) is 13.2. The lowest BCUT2D eigenvalue weighted by Crippen LogP contribution is -2.38. The third-order valence-electron chi connectivity index (χ3n) is 3.32. The summed E-state index contributed by atoms with van der Waals surface area (Å²) in [5, 5.41) is 11.7. The van der Waals surface area contributed by atoms with E-state index >= 15 is 0 Å². The molecule has 1 atom stereocenters. The number of rotatable bonds is 5. The zero-order valence-electron chi connectivity index (χ0n) is 13.2. The number of amides is 1. The van der Waals surface area contributed by atoms with E-state index in [0.29, 0.717) is 24.1 Å². The lowest BCUT2D eigenvalue weighted by Gasteiger charge is -2.20. The number of nitrogens with zero attached hydrogens (tertiary/aromatic N) is 1. The molecule has 0 bridgehead atoms. The molecule has 0 saturated heterocycles. The number of likely N-dealkylation sites (N-methyl/N-ethyl adjacent to an activating group) is 1. The van der Waals surface area contributed by atoms with Crippen LogP contribution in [0.15, 0.2) is 18.2 Å². The number of carbonyl (C=O) groups excluding carboxylic acids is 1. The van der Waals surface area contributed by atoms with Crippen molar-refractivity contribution in [3.05, 3.63) is 34.9 Å². The molecule has 4 heteroatoms. The Morgan fingerprint density at radius 1 is 1.43 bits per heavy atom. The minimum Gasteiger partial charge on any atom is -0.395 e. The Labute approximate surface area is 127 Å². The maximum atomic E-state index is 12.3. The predicted molar refractivity (Wildman–Crippen MR) is 85.2 cm³/mol. The van der Waals surface area contributed by atoms with Crippen LogP contribution in [-0.4, -0.2) is 49.2 Å². The molecule has 0 aromatic heterocycles. The third kappa shape index (κ3) is 5.58. The van der Waals surface area contributed by atoms with Gasteiger partial charge in [-0.15, -0.1) is 0 Å². The second kappa shape index (κ2) is 8.46.